The number of hydrogen-bond donors (Lipinski definition) is 1. The molecular formula is C25H26N2O. The Morgan fingerprint density at radius 2 is 1.50 bits per heavy atom. The molecule has 1 unspecified atom stereocenters. The third-order valence-corrected chi connectivity index (χ3v) is 5.31. The van der Waals surface area contributed by atoms with Gasteiger partial charge in [0.15, 0.2) is 0 Å². The van der Waals surface area contributed by atoms with E-state index in [1.54, 1.807) is 0 Å². The van der Waals surface area contributed by atoms with Gasteiger partial charge in [-0.15, -0.1) is 0 Å². The number of amides is 1. The molecule has 0 bridgehead atoms. The third-order valence-electron chi connectivity index (χ3n) is 5.31. The first-order valence-electron chi connectivity index (χ1n) is 9.74. The summed E-state index contributed by atoms with van der Waals surface area (Å²) in [5, 5.41) is 3.58. The lowest BCUT2D eigenvalue weighted by Crippen LogP contribution is -2.42. The van der Waals surface area contributed by atoms with E-state index in [2.05, 4.69) is 62.5 Å². The number of nitrogens with zero attached hydrogens (tertiary/aromatic N) is 1. The maximum Gasteiger partial charge on any atom is 0.258 e. The van der Waals surface area contributed by atoms with Gasteiger partial charge in [-0.25, -0.2) is 0 Å². The number of hydrogen-bond acceptors (Lipinski definition) is 2. The van der Waals surface area contributed by atoms with Gasteiger partial charge in [0.25, 0.3) is 5.91 Å². The lowest BCUT2D eigenvalue weighted by Gasteiger charge is -2.38. The van der Waals surface area contributed by atoms with E-state index in [4.69, 9.17) is 0 Å². The second kappa shape index (κ2) is 7.16. The molecule has 1 N–H and O–H groups in total. The molecule has 0 aromatic heterocycles. The zero-order chi connectivity index (χ0) is 19.7. The molecule has 3 aromatic rings. The number of benzene rings is 3. The van der Waals surface area contributed by atoms with Crippen molar-refractivity contribution in [1.29, 1.82) is 0 Å². The quantitative estimate of drug-likeness (QED) is 0.636. The van der Waals surface area contributed by atoms with Crippen molar-refractivity contribution in [2.24, 2.45) is 0 Å². The topological polar surface area (TPSA) is 32.3 Å². The Kier molecular flexibility index (Phi) is 4.68. The van der Waals surface area contributed by atoms with Crippen molar-refractivity contribution in [3.8, 4) is 0 Å². The van der Waals surface area contributed by atoms with Crippen molar-refractivity contribution in [3.63, 3.8) is 0 Å². The summed E-state index contributed by atoms with van der Waals surface area (Å²) in [5.41, 5.74) is 5.21. The Morgan fingerprint density at radius 3 is 2.18 bits per heavy atom. The van der Waals surface area contributed by atoms with Crippen LogP contribution in [0.4, 0.5) is 5.69 Å². The fourth-order valence-corrected chi connectivity index (χ4v) is 3.66. The van der Waals surface area contributed by atoms with Crippen LogP contribution in [-0.2, 0) is 12.0 Å². The fourth-order valence-electron chi connectivity index (χ4n) is 3.66. The number of carbonyl (C=O) groups excluding carboxylic acids is 1. The van der Waals surface area contributed by atoms with E-state index in [-0.39, 0.29) is 17.5 Å². The molecule has 3 aromatic carbocycles. The molecule has 28 heavy (non-hydrogen) atoms. The highest BCUT2D eigenvalue weighted by Crippen LogP contribution is 2.35. The molecule has 0 saturated carbocycles. The lowest BCUT2D eigenvalue weighted by atomic mass is 9.86. The monoisotopic (exact) mass is 370 g/mol. The van der Waals surface area contributed by atoms with Crippen LogP contribution in [0.5, 0.6) is 0 Å². The average molecular weight is 370 g/mol. The normalized spacial score (nSPS) is 16.5. The summed E-state index contributed by atoms with van der Waals surface area (Å²) in [7, 11) is 0. The molecule has 1 aliphatic heterocycles. The van der Waals surface area contributed by atoms with Crippen molar-refractivity contribution in [2.45, 2.75) is 38.9 Å². The van der Waals surface area contributed by atoms with Crippen molar-refractivity contribution in [3.05, 3.63) is 101 Å². The second-order valence-corrected chi connectivity index (χ2v) is 8.38. The Balaban J connectivity index is 1.73. The standard InChI is InChI=1S/C25H26N2O/c1-25(2,3)20-15-13-19(14-16-20)23-26-22-12-8-7-11-21(22)24(28)27(23)17-18-9-5-4-6-10-18/h4-16,23,26H,17H2,1-3H3. The van der Waals surface area contributed by atoms with Crippen LogP contribution in [0.15, 0.2) is 78.9 Å². The average Bonchev–Trinajstić information content (AvgIpc) is 2.70. The first-order valence-corrected chi connectivity index (χ1v) is 9.74. The number of para-hydroxylation sites is 1. The predicted octanol–water partition coefficient (Wildman–Crippen LogP) is 5.75. The highest BCUT2D eigenvalue weighted by Gasteiger charge is 2.32. The van der Waals surface area contributed by atoms with Gasteiger partial charge in [-0.1, -0.05) is 87.5 Å². The van der Waals surface area contributed by atoms with Crippen LogP contribution in [0, 0.1) is 0 Å². The number of nitrogens with one attached hydrogen (secondary N) is 1. The predicted molar refractivity (Wildman–Crippen MR) is 114 cm³/mol. The highest BCUT2D eigenvalue weighted by atomic mass is 16.2. The molecule has 0 fully saturated rings. The first-order chi connectivity index (χ1) is 13.4. The first kappa shape index (κ1) is 18.3. The summed E-state index contributed by atoms with van der Waals surface area (Å²) in [6, 6.07) is 26.5. The van der Waals surface area contributed by atoms with Crippen LogP contribution < -0.4 is 5.32 Å². The molecule has 3 nitrogen and oxygen atoms in total. The maximum atomic E-state index is 13.3. The SMILES string of the molecule is CC(C)(C)c1ccc(C2Nc3ccccc3C(=O)N2Cc2ccccc2)cc1. The van der Waals surface area contributed by atoms with E-state index in [1.807, 2.05) is 47.4 Å². The maximum absolute atomic E-state index is 13.3. The highest BCUT2D eigenvalue weighted by molar-refractivity contribution is 6.01. The van der Waals surface area contributed by atoms with Crippen molar-refractivity contribution in [2.75, 3.05) is 5.32 Å². The zero-order valence-electron chi connectivity index (χ0n) is 16.6. The minimum atomic E-state index is -0.198. The molecule has 0 aliphatic carbocycles. The van der Waals surface area contributed by atoms with Crippen molar-refractivity contribution >= 4 is 11.6 Å². The van der Waals surface area contributed by atoms with Crippen LogP contribution in [0.25, 0.3) is 0 Å². The van der Waals surface area contributed by atoms with Gasteiger partial charge in [-0.3, -0.25) is 4.79 Å². The van der Waals surface area contributed by atoms with E-state index >= 15 is 0 Å². The van der Waals surface area contributed by atoms with E-state index < -0.39 is 0 Å². The summed E-state index contributed by atoms with van der Waals surface area (Å²) in [6.45, 7) is 7.19. The molecule has 0 radical (unpaired) electrons. The van der Waals surface area contributed by atoms with Crippen molar-refractivity contribution in [1.82, 2.24) is 4.90 Å². The smallest absolute Gasteiger partial charge is 0.258 e. The molecule has 0 saturated heterocycles. The van der Waals surface area contributed by atoms with Gasteiger partial charge in [0.1, 0.15) is 6.17 Å². The number of anilines is 1. The van der Waals surface area contributed by atoms with E-state index in [1.165, 1.54) is 5.56 Å². The summed E-state index contributed by atoms with van der Waals surface area (Å²) in [4.78, 5) is 15.2. The molecule has 142 valence electrons. The number of fused-ring (bicyclic) bond motifs is 1. The summed E-state index contributed by atoms with van der Waals surface area (Å²) in [5.74, 6) is 0.0584. The zero-order valence-corrected chi connectivity index (χ0v) is 16.6. The molecule has 0 spiro atoms. The second-order valence-electron chi connectivity index (χ2n) is 8.38. The van der Waals surface area contributed by atoms with Gasteiger partial charge < -0.3 is 10.2 Å². The lowest BCUT2D eigenvalue weighted by molar-refractivity contribution is 0.0666. The Hall–Kier alpha value is -3.07. The molecule has 1 heterocycles. The fraction of sp³-hybridized carbons (Fsp3) is 0.240. The van der Waals surface area contributed by atoms with E-state index in [0.717, 1.165) is 22.4 Å². The Bertz CT molecular complexity index is 971. The van der Waals surface area contributed by atoms with Crippen molar-refractivity contribution < 1.29 is 4.79 Å². The van der Waals surface area contributed by atoms with Gasteiger partial charge >= 0.3 is 0 Å². The van der Waals surface area contributed by atoms with E-state index in [0.29, 0.717) is 6.54 Å². The third kappa shape index (κ3) is 3.53. The van der Waals surface area contributed by atoms with Gasteiger partial charge in [-0.05, 0) is 34.2 Å². The molecular weight excluding hydrogens is 344 g/mol. The largest absolute Gasteiger partial charge is 0.361 e. The molecule has 1 amide bonds. The Morgan fingerprint density at radius 1 is 0.857 bits per heavy atom. The molecule has 4 rings (SSSR count). The number of rotatable bonds is 3. The van der Waals surface area contributed by atoms with Crippen LogP contribution in [-0.4, -0.2) is 10.8 Å². The summed E-state index contributed by atoms with van der Waals surface area (Å²) in [6.07, 6.45) is -0.198. The number of carbonyl (C=O) groups is 1. The summed E-state index contributed by atoms with van der Waals surface area (Å²) >= 11 is 0. The minimum absolute atomic E-state index is 0.0584. The van der Waals surface area contributed by atoms with Crippen LogP contribution >= 0.6 is 0 Å². The Labute approximate surface area is 167 Å². The van der Waals surface area contributed by atoms with E-state index in [9.17, 15) is 4.79 Å². The van der Waals surface area contributed by atoms with Gasteiger partial charge in [-0.2, -0.15) is 0 Å². The molecule has 1 aliphatic rings. The van der Waals surface area contributed by atoms with Gasteiger partial charge in [0, 0.05) is 12.2 Å². The summed E-state index contributed by atoms with van der Waals surface area (Å²) < 4.78 is 0. The minimum Gasteiger partial charge on any atom is -0.361 e. The van der Waals surface area contributed by atoms with Gasteiger partial charge in [0.2, 0.25) is 0 Å². The molecule has 1 atom stereocenters. The van der Waals surface area contributed by atoms with Crippen LogP contribution in [0.3, 0.4) is 0 Å². The van der Waals surface area contributed by atoms with Gasteiger partial charge in [0.05, 0.1) is 5.56 Å². The van der Waals surface area contributed by atoms with Crippen LogP contribution in [0.1, 0.15) is 54.0 Å². The van der Waals surface area contributed by atoms with Crippen LogP contribution in [0.2, 0.25) is 0 Å². The molecule has 3 heteroatoms.